The highest BCUT2D eigenvalue weighted by Crippen LogP contribution is 2.08. The van der Waals surface area contributed by atoms with Gasteiger partial charge in [0.05, 0.1) is 6.61 Å². The third-order valence-electron chi connectivity index (χ3n) is 2.42. The van der Waals surface area contributed by atoms with Crippen LogP contribution in [0.2, 0.25) is 0 Å². The minimum atomic E-state index is -0.851. The van der Waals surface area contributed by atoms with Gasteiger partial charge >= 0.3 is 6.09 Å². The number of rotatable bonds is 2. The van der Waals surface area contributed by atoms with Gasteiger partial charge in [-0.2, -0.15) is 0 Å². The van der Waals surface area contributed by atoms with Gasteiger partial charge in [-0.25, -0.2) is 4.79 Å². The highest BCUT2D eigenvalue weighted by atomic mass is 16.4. The van der Waals surface area contributed by atoms with Gasteiger partial charge in [0.25, 0.3) is 0 Å². The zero-order valence-electron chi connectivity index (χ0n) is 7.81. The van der Waals surface area contributed by atoms with Crippen LogP contribution in [0.5, 0.6) is 0 Å². The Morgan fingerprint density at radius 2 is 2.23 bits per heavy atom. The highest BCUT2D eigenvalue weighted by molar-refractivity contribution is 5.65. The van der Waals surface area contributed by atoms with Gasteiger partial charge in [0.2, 0.25) is 0 Å². The van der Waals surface area contributed by atoms with Crippen molar-refractivity contribution in [2.75, 3.05) is 32.8 Å². The first-order chi connectivity index (χ1) is 6.15. The minimum Gasteiger partial charge on any atom is -0.465 e. The summed E-state index contributed by atoms with van der Waals surface area (Å²) in [5, 5.41) is 17.5. The molecule has 13 heavy (non-hydrogen) atoms. The van der Waals surface area contributed by atoms with Crippen molar-refractivity contribution in [1.82, 2.24) is 9.80 Å². The number of nitrogens with zero attached hydrogens (tertiary/aromatic N) is 2. The van der Waals surface area contributed by atoms with E-state index in [0.717, 1.165) is 0 Å². The molecule has 0 radical (unpaired) electrons. The molecule has 0 aromatic rings. The van der Waals surface area contributed by atoms with Crippen LogP contribution in [0.1, 0.15) is 6.92 Å². The number of carbonyl (C=O) groups is 1. The number of aliphatic hydroxyl groups excluding tert-OH is 1. The topological polar surface area (TPSA) is 64.0 Å². The Morgan fingerprint density at radius 1 is 1.54 bits per heavy atom. The van der Waals surface area contributed by atoms with Crippen LogP contribution < -0.4 is 0 Å². The Labute approximate surface area is 77.6 Å². The second-order valence-corrected chi connectivity index (χ2v) is 3.34. The van der Waals surface area contributed by atoms with Gasteiger partial charge in [-0.15, -0.1) is 0 Å². The molecule has 1 saturated heterocycles. The van der Waals surface area contributed by atoms with Gasteiger partial charge in [-0.1, -0.05) is 0 Å². The van der Waals surface area contributed by atoms with Gasteiger partial charge in [-0.3, -0.25) is 4.90 Å². The molecule has 1 heterocycles. The van der Waals surface area contributed by atoms with E-state index in [4.69, 9.17) is 10.2 Å². The van der Waals surface area contributed by atoms with Crippen LogP contribution >= 0.6 is 0 Å². The quantitative estimate of drug-likeness (QED) is 0.622. The first kappa shape index (κ1) is 10.3. The average molecular weight is 188 g/mol. The molecular weight excluding hydrogens is 172 g/mol. The first-order valence-corrected chi connectivity index (χ1v) is 4.48. The smallest absolute Gasteiger partial charge is 0.407 e. The molecule has 1 atom stereocenters. The summed E-state index contributed by atoms with van der Waals surface area (Å²) in [6.45, 7) is 4.54. The number of hydrogen-bond acceptors (Lipinski definition) is 3. The fraction of sp³-hybridized carbons (Fsp3) is 0.875. The standard InChI is InChI=1S/C8H16N2O3/c1-7-6-10(8(12)13)3-2-9(7)4-5-11/h7,11H,2-6H2,1H3,(H,12,13)/t7-/m1/s1. The van der Waals surface area contributed by atoms with Crippen molar-refractivity contribution < 1.29 is 15.0 Å². The van der Waals surface area contributed by atoms with Crippen molar-refractivity contribution in [3.8, 4) is 0 Å². The van der Waals surface area contributed by atoms with Crippen LogP contribution in [0.25, 0.3) is 0 Å². The number of carboxylic acid groups (broad SMARTS) is 1. The third-order valence-corrected chi connectivity index (χ3v) is 2.42. The molecule has 2 N–H and O–H groups in total. The fourth-order valence-corrected chi connectivity index (χ4v) is 1.63. The van der Waals surface area contributed by atoms with E-state index in [1.807, 2.05) is 6.92 Å². The Bertz CT molecular complexity index is 186. The number of amides is 1. The van der Waals surface area contributed by atoms with Crippen LogP contribution in [-0.4, -0.2) is 64.9 Å². The van der Waals surface area contributed by atoms with Crippen molar-refractivity contribution in [3.05, 3.63) is 0 Å². The van der Waals surface area contributed by atoms with E-state index < -0.39 is 6.09 Å². The Morgan fingerprint density at radius 3 is 2.69 bits per heavy atom. The molecular formula is C8H16N2O3. The first-order valence-electron chi connectivity index (χ1n) is 4.48. The van der Waals surface area contributed by atoms with Crippen LogP contribution in [0, 0.1) is 0 Å². The second-order valence-electron chi connectivity index (χ2n) is 3.34. The zero-order chi connectivity index (χ0) is 9.84. The number of piperazine rings is 1. The summed E-state index contributed by atoms with van der Waals surface area (Å²) in [4.78, 5) is 14.1. The van der Waals surface area contributed by atoms with Gasteiger partial charge in [0.1, 0.15) is 0 Å². The number of aliphatic hydroxyl groups is 1. The molecule has 0 bridgehead atoms. The summed E-state index contributed by atoms with van der Waals surface area (Å²) < 4.78 is 0. The summed E-state index contributed by atoms with van der Waals surface area (Å²) in [6.07, 6.45) is -0.851. The molecule has 0 aromatic carbocycles. The molecule has 0 aromatic heterocycles. The maximum atomic E-state index is 10.6. The summed E-state index contributed by atoms with van der Waals surface area (Å²) in [5.41, 5.74) is 0. The molecule has 1 aliphatic heterocycles. The van der Waals surface area contributed by atoms with Crippen LogP contribution in [0.15, 0.2) is 0 Å². The highest BCUT2D eigenvalue weighted by Gasteiger charge is 2.25. The van der Waals surface area contributed by atoms with E-state index in [0.29, 0.717) is 26.2 Å². The maximum absolute atomic E-state index is 10.6. The largest absolute Gasteiger partial charge is 0.465 e. The molecule has 0 saturated carbocycles. The van der Waals surface area contributed by atoms with E-state index >= 15 is 0 Å². The van der Waals surface area contributed by atoms with Crippen molar-refractivity contribution in [3.63, 3.8) is 0 Å². The average Bonchev–Trinajstić information content (AvgIpc) is 2.08. The van der Waals surface area contributed by atoms with E-state index in [9.17, 15) is 4.79 Å². The van der Waals surface area contributed by atoms with Crippen LogP contribution in [0.4, 0.5) is 4.79 Å². The lowest BCUT2D eigenvalue weighted by atomic mass is 10.2. The molecule has 1 rings (SSSR count). The molecule has 1 fully saturated rings. The van der Waals surface area contributed by atoms with Gasteiger partial charge in [-0.05, 0) is 6.92 Å². The molecule has 1 amide bonds. The van der Waals surface area contributed by atoms with Crippen molar-refractivity contribution >= 4 is 6.09 Å². The lowest BCUT2D eigenvalue weighted by Gasteiger charge is -2.38. The number of β-amino-alcohol motifs (C(OH)–C–C–N with tert-alkyl or cyclic N) is 1. The van der Waals surface area contributed by atoms with Gasteiger partial charge in [0.15, 0.2) is 0 Å². The predicted molar refractivity (Wildman–Crippen MR) is 47.7 cm³/mol. The Kier molecular flexibility index (Phi) is 3.50. The molecule has 5 heteroatoms. The van der Waals surface area contributed by atoms with E-state index in [2.05, 4.69) is 4.90 Å². The van der Waals surface area contributed by atoms with E-state index in [1.54, 1.807) is 0 Å². The van der Waals surface area contributed by atoms with Crippen molar-refractivity contribution in [1.29, 1.82) is 0 Å². The second kappa shape index (κ2) is 4.43. The van der Waals surface area contributed by atoms with Crippen molar-refractivity contribution in [2.24, 2.45) is 0 Å². The van der Waals surface area contributed by atoms with Crippen LogP contribution in [-0.2, 0) is 0 Å². The monoisotopic (exact) mass is 188 g/mol. The molecule has 76 valence electrons. The molecule has 0 aliphatic carbocycles. The SMILES string of the molecule is C[C@@H]1CN(C(=O)O)CCN1CCO. The third kappa shape index (κ3) is 2.57. The molecule has 0 unspecified atom stereocenters. The van der Waals surface area contributed by atoms with Gasteiger partial charge in [0, 0.05) is 32.2 Å². The summed E-state index contributed by atoms with van der Waals surface area (Å²) >= 11 is 0. The van der Waals surface area contributed by atoms with E-state index in [1.165, 1.54) is 4.90 Å². The van der Waals surface area contributed by atoms with Crippen LogP contribution in [0.3, 0.4) is 0 Å². The summed E-state index contributed by atoms with van der Waals surface area (Å²) in [7, 11) is 0. The molecule has 1 aliphatic rings. The van der Waals surface area contributed by atoms with Crippen molar-refractivity contribution in [2.45, 2.75) is 13.0 Å². The Balaban J connectivity index is 2.41. The lowest BCUT2D eigenvalue weighted by molar-refractivity contribution is 0.0648. The number of hydrogen-bond donors (Lipinski definition) is 2. The summed E-state index contributed by atoms with van der Waals surface area (Å²) in [6, 6.07) is 0.206. The zero-order valence-corrected chi connectivity index (χ0v) is 7.81. The summed E-state index contributed by atoms with van der Waals surface area (Å²) in [5.74, 6) is 0. The minimum absolute atomic E-state index is 0.136. The lowest BCUT2D eigenvalue weighted by Crippen LogP contribution is -2.53. The molecule has 5 nitrogen and oxygen atoms in total. The molecule has 0 spiro atoms. The maximum Gasteiger partial charge on any atom is 0.407 e. The van der Waals surface area contributed by atoms with Gasteiger partial charge < -0.3 is 15.1 Å². The van der Waals surface area contributed by atoms with E-state index in [-0.39, 0.29) is 12.6 Å². The normalized spacial score (nSPS) is 24.8. The predicted octanol–water partition coefficient (Wildman–Crippen LogP) is -0.337. The fourth-order valence-electron chi connectivity index (χ4n) is 1.63. The Hall–Kier alpha value is -0.810.